The van der Waals surface area contributed by atoms with Crippen LogP contribution in [0.25, 0.3) is 11.0 Å². The number of aromatic nitrogens is 4. The van der Waals surface area contributed by atoms with Crippen LogP contribution in [0.15, 0.2) is 35.4 Å². The van der Waals surface area contributed by atoms with Crippen LogP contribution in [0, 0.1) is 0 Å². The third-order valence-corrected chi connectivity index (χ3v) is 3.68. The molecule has 5 N–H and O–H groups in total. The molecule has 25 heavy (non-hydrogen) atoms. The van der Waals surface area contributed by atoms with E-state index in [9.17, 15) is 14.4 Å². The number of aryl methyl sites for hydroxylation is 1. The summed E-state index contributed by atoms with van der Waals surface area (Å²) < 4.78 is 1.37. The van der Waals surface area contributed by atoms with Gasteiger partial charge < -0.3 is 21.0 Å². The van der Waals surface area contributed by atoms with Crippen molar-refractivity contribution in [1.82, 2.24) is 19.7 Å². The highest BCUT2D eigenvalue weighted by atomic mass is 16.2. The predicted molar refractivity (Wildman–Crippen MR) is 91.9 cm³/mol. The van der Waals surface area contributed by atoms with Gasteiger partial charge in [-0.3, -0.25) is 14.3 Å². The van der Waals surface area contributed by atoms with E-state index in [1.54, 1.807) is 6.20 Å². The van der Waals surface area contributed by atoms with Gasteiger partial charge in [-0.2, -0.15) is 5.10 Å². The molecule has 0 radical (unpaired) electrons. The van der Waals surface area contributed by atoms with Crippen LogP contribution < -0.4 is 16.7 Å². The number of benzene rings is 1. The number of imidazole rings is 1. The highest BCUT2D eigenvalue weighted by Gasteiger charge is 2.07. The number of H-pyrrole nitrogens is 2. The highest BCUT2D eigenvalue weighted by Crippen LogP contribution is 2.13. The molecule has 9 heteroatoms. The maximum Gasteiger partial charge on any atom is 0.323 e. The normalized spacial score (nSPS) is 10.9. The van der Waals surface area contributed by atoms with Crippen LogP contribution in [0.4, 0.5) is 5.69 Å². The molecule has 2 aromatic heterocycles. The molecule has 0 unspecified atom stereocenters. The third-order valence-electron chi connectivity index (χ3n) is 3.68. The van der Waals surface area contributed by atoms with Crippen molar-refractivity contribution in [2.75, 3.05) is 5.32 Å². The van der Waals surface area contributed by atoms with E-state index < -0.39 is 5.91 Å². The first-order valence-electron chi connectivity index (χ1n) is 7.81. The smallest absolute Gasteiger partial charge is 0.323 e. The number of nitrogens with one attached hydrogen (secondary N) is 3. The van der Waals surface area contributed by atoms with Gasteiger partial charge in [0.15, 0.2) is 0 Å². The van der Waals surface area contributed by atoms with E-state index in [4.69, 9.17) is 5.73 Å². The number of anilines is 1. The molecule has 0 saturated heterocycles. The second-order valence-corrected chi connectivity index (χ2v) is 5.75. The van der Waals surface area contributed by atoms with Gasteiger partial charge in [-0.05, 0) is 30.5 Å². The van der Waals surface area contributed by atoms with Crippen molar-refractivity contribution in [2.45, 2.75) is 25.8 Å². The second kappa shape index (κ2) is 7.04. The van der Waals surface area contributed by atoms with Crippen LogP contribution in [0.1, 0.15) is 18.4 Å². The minimum Gasteiger partial charge on any atom is -0.368 e. The molecule has 9 nitrogen and oxygen atoms in total. The van der Waals surface area contributed by atoms with Gasteiger partial charge in [0.1, 0.15) is 6.54 Å². The summed E-state index contributed by atoms with van der Waals surface area (Å²) in [6.45, 7) is -0.0282. The fraction of sp³-hybridized carbons (Fsp3) is 0.250. The van der Waals surface area contributed by atoms with Gasteiger partial charge in [0, 0.05) is 12.6 Å². The monoisotopic (exact) mass is 342 g/mol. The van der Waals surface area contributed by atoms with Crippen LogP contribution in [-0.2, 0) is 22.6 Å². The number of hydrogen-bond acceptors (Lipinski definition) is 4. The molecule has 2 heterocycles. The van der Waals surface area contributed by atoms with Crippen molar-refractivity contribution in [2.24, 2.45) is 5.73 Å². The van der Waals surface area contributed by atoms with E-state index in [1.165, 1.54) is 10.9 Å². The largest absolute Gasteiger partial charge is 0.368 e. The van der Waals surface area contributed by atoms with Crippen molar-refractivity contribution in [3.63, 3.8) is 0 Å². The lowest BCUT2D eigenvalue weighted by Crippen LogP contribution is -2.18. The van der Waals surface area contributed by atoms with Gasteiger partial charge in [0.2, 0.25) is 11.8 Å². The Bertz CT molecular complexity index is 968. The van der Waals surface area contributed by atoms with Crippen molar-refractivity contribution < 1.29 is 9.59 Å². The Kier molecular flexibility index (Phi) is 4.64. The SMILES string of the molecule is NC(=O)Cn1cc(NC(=O)CCCc2ccc3[nH]c(=O)[nH]c3c2)cn1. The first kappa shape index (κ1) is 16.5. The minimum absolute atomic E-state index is 0.0282. The molecule has 0 aliphatic carbocycles. The summed E-state index contributed by atoms with van der Waals surface area (Å²) >= 11 is 0. The maximum absolute atomic E-state index is 12.0. The molecule has 3 aromatic rings. The van der Waals surface area contributed by atoms with Gasteiger partial charge in [-0.15, -0.1) is 0 Å². The topological polar surface area (TPSA) is 139 Å². The number of carbonyl (C=O) groups excluding carboxylic acids is 2. The van der Waals surface area contributed by atoms with Gasteiger partial charge in [-0.25, -0.2) is 4.79 Å². The molecule has 1 aromatic carbocycles. The summed E-state index contributed by atoms with van der Waals surface area (Å²) in [4.78, 5) is 39.4. The number of fused-ring (bicyclic) bond motifs is 1. The summed E-state index contributed by atoms with van der Waals surface area (Å²) in [6, 6.07) is 5.67. The molecule has 0 atom stereocenters. The second-order valence-electron chi connectivity index (χ2n) is 5.75. The van der Waals surface area contributed by atoms with Crippen molar-refractivity contribution in [3.8, 4) is 0 Å². The lowest BCUT2D eigenvalue weighted by Gasteiger charge is -2.03. The van der Waals surface area contributed by atoms with E-state index in [0.29, 0.717) is 18.5 Å². The average molecular weight is 342 g/mol. The Morgan fingerprint density at radius 2 is 2.04 bits per heavy atom. The fourth-order valence-electron chi connectivity index (χ4n) is 2.59. The lowest BCUT2D eigenvalue weighted by atomic mass is 10.1. The van der Waals surface area contributed by atoms with Crippen LogP contribution in [-0.4, -0.2) is 31.6 Å². The highest BCUT2D eigenvalue weighted by molar-refractivity contribution is 5.90. The van der Waals surface area contributed by atoms with Crippen LogP contribution in [0.5, 0.6) is 0 Å². The quantitative estimate of drug-likeness (QED) is 0.496. The summed E-state index contributed by atoms with van der Waals surface area (Å²) in [5.74, 6) is -0.628. The maximum atomic E-state index is 12.0. The Labute approximate surface area is 142 Å². The van der Waals surface area contributed by atoms with Crippen LogP contribution in [0.3, 0.4) is 0 Å². The van der Waals surface area contributed by atoms with E-state index in [2.05, 4.69) is 20.4 Å². The molecule has 0 aliphatic rings. The number of nitrogens with two attached hydrogens (primary N) is 1. The number of primary amides is 1. The Balaban J connectivity index is 1.49. The summed E-state index contributed by atoms with van der Waals surface area (Å²) in [6.07, 6.45) is 4.76. The number of nitrogens with zero attached hydrogens (tertiary/aromatic N) is 2. The number of amides is 2. The van der Waals surface area contributed by atoms with Crippen molar-refractivity contribution in [1.29, 1.82) is 0 Å². The zero-order valence-corrected chi connectivity index (χ0v) is 13.4. The molecule has 3 rings (SSSR count). The van der Waals surface area contributed by atoms with E-state index in [1.807, 2.05) is 18.2 Å². The van der Waals surface area contributed by atoms with Crippen molar-refractivity contribution >= 4 is 28.5 Å². The number of rotatable bonds is 7. The first-order chi connectivity index (χ1) is 12.0. The number of hydrogen-bond donors (Lipinski definition) is 4. The summed E-state index contributed by atoms with van der Waals surface area (Å²) in [5.41, 5.74) is 7.94. The standard InChI is InChI=1S/C16H18N6O3/c17-14(23)9-22-8-11(7-18-22)19-15(24)3-1-2-10-4-5-12-13(6-10)21-16(25)20-12/h4-8H,1-3,9H2,(H2,17,23)(H,19,24)(H2,20,21,25). The zero-order valence-electron chi connectivity index (χ0n) is 13.4. The molecule has 0 saturated carbocycles. The first-order valence-corrected chi connectivity index (χ1v) is 7.81. The fourth-order valence-corrected chi connectivity index (χ4v) is 2.59. The van der Waals surface area contributed by atoms with Crippen LogP contribution in [0.2, 0.25) is 0 Å². The molecular formula is C16H18N6O3. The molecule has 0 bridgehead atoms. The summed E-state index contributed by atoms with van der Waals surface area (Å²) in [5, 5.41) is 6.67. The van der Waals surface area contributed by atoms with Gasteiger partial charge in [-0.1, -0.05) is 6.07 Å². The minimum atomic E-state index is -0.498. The molecule has 2 amide bonds. The number of carbonyl (C=O) groups is 2. The Hall–Kier alpha value is -3.36. The average Bonchev–Trinajstić information content (AvgIpc) is 3.11. The Morgan fingerprint density at radius 3 is 2.84 bits per heavy atom. The van der Waals surface area contributed by atoms with Crippen molar-refractivity contribution in [3.05, 3.63) is 46.6 Å². The summed E-state index contributed by atoms with van der Waals surface area (Å²) in [7, 11) is 0. The Morgan fingerprint density at radius 1 is 1.24 bits per heavy atom. The van der Waals surface area contributed by atoms with E-state index in [-0.39, 0.29) is 18.1 Å². The van der Waals surface area contributed by atoms with E-state index >= 15 is 0 Å². The van der Waals surface area contributed by atoms with Gasteiger partial charge >= 0.3 is 5.69 Å². The molecule has 0 spiro atoms. The van der Waals surface area contributed by atoms with Gasteiger partial charge in [0.25, 0.3) is 0 Å². The zero-order chi connectivity index (χ0) is 17.8. The molecule has 130 valence electrons. The van der Waals surface area contributed by atoms with Crippen LogP contribution >= 0.6 is 0 Å². The molecular weight excluding hydrogens is 324 g/mol. The van der Waals surface area contributed by atoms with E-state index in [0.717, 1.165) is 23.0 Å². The third kappa shape index (κ3) is 4.34. The lowest BCUT2D eigenvalue weighted by molar-refractivity contribution is -0.118. The number of aromatic amines is 2. The van der Waals surface area contributed by atoms with Gasteiger partial charge in [0.05, 0.1) is 22.9 Å². The molecule has 0 fully saturated rings. The molecule has 0 aliphatic heterocycles. The predicted octanol–water partition coefficient (Wildman–Crippen LogP) is 0.499.